The van der Waals surface area contributed by atoms with Crippen LogP contribution in [0.4, 0.5) is 0 Å². The molecule has 0 aliphatic heterocycles. The van der Waals surface area contributed by atoms with Crippen molar-refractivity contribution in [3.05, 3.63) is 58.9 Å². The molecule has 1 amide bonds. The summed E-state index contributed by atoms with van der Waals surface area (Å²) in [6.45, 7) is 0.500. The van der Waals surface area contributed by atoms with E-state index in [0.717, 1.165) is 22.6 Å². The van der Waals surface area contributed by atoms with Gasteiger partial charge in [-0.25, -0.2) is 4.98 Å². The number of hydrogen-bond acceptors (Lipinski definition) is 3. The van der Waals surface area contributed by atoms with E-state index in [0.29, 0.717) is 23.6 Å². The highest BCUT2D eigenvalue weighted by Crippen LogP contribution is 2.21. The molecule has 0 atom stereocenters. The number of aryl methyl sites for hydroxylation is 1. The van der Waals surface area contributed by atoms with Gasteiger partial charge in [0.2, 0.25) is 0 Å². The van der Waals surface area contributed by atoms with Gasteiger partial charge in [-0.1, -0.05) is 17.7 Å². The molecule has 2 aromatic carbocycles. The highest BCUT2D eigenvalue weighted by molar-refractivity contribution is 6.30. The Morgan fingerprint density at radius 1 is 1.29 bits per heavy atom. The van der Waals surface area contributed by atoms with E-state index in [1.54, 1.807) is 31.4 Å². The van der Waals surface area contributed by atoms with Crippen LogP contribution in [0.5, 0.6) is 5.75 Å². The van der Waals surface area contributed by atoms with Crippen LogP contribution in [0.25, 0.3) is 11.0 Å². The number of fused-ring (bicyclic) bond motifs is 1. The number of carbonyl (C=O) groups excluding carboxylic acids is 1. The number of hydrogen-bond donors (Lipinski definition) is 1. The zero-order valence-corrected chi connectivity index (χ0v) is 14.3. The molecule has 1 heterocycles. The SMILES string of the molecule is COc1ccc2c(c1)nc(CCNC(=O)c1cccc(Cl)c1)n2C. The second-order valence-electron chi connectivity index (χ2n) is 5.46. The molecule has 0 unspecified atom stereocenters. The molecule has 0 spiro atoms. The number of amides is 1. The third-order valence-corrected chi connectivity index (χ3v) is 4.14. The minimum absolute atomic E-state index is 0.141. The average molecular weight is 344 g/mol. The molecule has 1 N–H and O–H groups in total. The van der Waals surface area contributed by atoms with Gasteiger partial charge in [0.1, 0.15) is 11.6 Å². The van der Waals surface area contributed by atoms with Crippen molar-refractivity contribution in [1.29, 1.82) is 0 Å². The first-order valence-corrected chi connectivity index (χ1v) is 7.99. The number of imidazole rings is 1. The maximum atomic E-state index is 12.1. The normalized spacial score (nSPS) is 10.8. The molecule has 0 radical (unpaired) electrons. The summed E-state index contributed by atoms with van der Waals surface area (Å²) in [5, 5.41) is 3.44. The first-order valence-electron chi connectivity index (χ1n) is 7.61. The fourth-order valence-electron chi connectivity index (χ4n) is 2.60. The van der Waals surface area contributed by atoms with E-state index in [1.807, 2.05) is 29.8 Å². The van der Waals surface area contributed by atoms with Crippen LogP contribution >= 0.6 is 11.6 Å². The third kappa shape index (κ3) is 3.36. The topological polar surface area (TPSA) is 56.1 Å². The Morgan fingerprint density at radius 3 is 2.88 bits per heavy atom. The van der Waals surface area contributed by atoms with E-state index >= 15 is 0 Å². The summed E-state index contributed by atoms with van der Waals surface area (Å²) in [4.78, 5) is 16.7. The highest BCUT2D eigenvalue weighted by atomic mass is 35.5. The van der Waals surface area contributed by atoms with Crippen LogP contribution in [0, 0.1) is 0 Å². The molecule has 0 saturated carbocycles. The Hall–Kier alpha value is -2.53. The number of carbonyl (C=O) groups is 1. The number of rotatable bonds is 5. The third-order valence-electron chi connectivity index (χ3n) is 3.90. The standard InChI is InChI=1S/C18H18ClN3O2/c1-22-16-7-6-14(24-2)11-15(16)21-17(22)8-9-20-18(23)12-4-3-5-13(19)10-12/h3-7,10-11H,8-9H2,1-2H3,(H,20,23). The Balaban J connectivity index is 1.67. The van der Waals surface area contributed by atoms with Crippen LogP contribution in [-0.4, -0.2) is 29.1 Å². The lowest BCUT2D eigenvalue weighted by molar-refractivity contribution is 0.0954. The molecular weight excluding hydrogens is 326 g/mol. The van der Waals surface area contributed by atoms with Gasteiger partial charge in [0.15, 0.2) is 0 Å². The molecule has 124 valence electrons. The lowest BCUT2D eigenvalue weighted by Gasteiger charge is -2.06. The number of nitrogens with one attached hydrogen (secondary N) is 1. The molecule has 1 aromatic heterocycles. The first kappa shape index (κ1) is 16.3. The number of nitrogens with zero attached hydrogens (tertiary/aromatic N) is 2. The average Bonchev–Trinajstić information content (AvgIpc) is 2.90. The zero-order chi connectivity index (χ0) is 17.1. The summed E-state index contributed by atoms with van der Waals surface area (Å²) in [7, 11) is 3.60. The number of benzene rings is 2. The lowest BCUT2D eigenvalue weighted by Crippen LogP contribution is -2.26. The van der Waals surface area contributed by atoms with Gasteiger partial charge >= 0.3 is 0 Å². The fourth-order valence-corrected chi connectivity index (χ4v) is 2.79. The van der Waals surface area contributed by atoms with Gasteiger partial charge in [-0.2, -0.15) is 0 Å². The first-order chi connectivity index (χ1) is 11.6. The van der Waals surface area contributed by atoms with Crippen molar-refractivity contribution in [2.75, 3.05) is 13.7 Å². The summed E-state index contributed by atoms with van der Waals surface area (Å²) in [6.07, 6.45) is 0.639. The minimum Gasteiger partial charge on any atom is -0.497 e. The van der Waals surface area contributed by atoms with Gasteiger partial charge in [0, 0.05) is 36.7 Å². The number of ether oxygens (including phenoxy) is 1. The van der Waals surface area contributed by atoms with Crippen LogP contribution in [-0.2, 0) is 13.5 Å². The Kier molecular flexibility index (Phi) is 4.71. The molecule has 24 heavy (non-hydrogen) atoms. The monoisotopic (exact) mass is 343 g/mol. The van der Waals surface area contributed by atoms with Gasteiger partial charge in [-0.05, 0) is 30.3 Å². The largest absolute Gasteiger partial charge is 0.497 e. The summed E-state index contributed by atoms with van der Waals surface area (Å²) in [5.41, 5.74) is 2.47. The zero-order valence-electron chi connectivity index (χ0n) is 13.5. The maximum Gasteiger partial charge on any atom is 0.251 e. The molecule has 3 aromatic rings. The fraction of sp³-hybridized carbons (Fsp3) is 0.222. The summed E-state index contributed by atoms with van der Waals surface area (Å²) < 4.78 is 7.25. The Labute approximate surface area is 145 Å². The minimum atomic E-state index is -0.141. The summed E-state index contributed by atoms with van der Waals surface area (Å²) >= 11 is 5.91. The number of aromatic nitrogens is 2. The molecular formula is C18H18ClN3O2. The smallest absolute Gasteiger partial charge is 0.251 e. The Bertz CT molecular complexity index is 889. The molecule has 0 bridgehead atoms. The maximum absolute atomic E-state index is 12.1. The van der Waals surface area contributed by atoms with Crippen molar-refractivity contribution in [2.45, 2.75) is 6.42 Å². The van der Waals surface area contributed by atoms with Crippen molar-refractivity contribution in [2.24, 2.45) is 7.05 Å². The summed E-state index contributed by atoms with van der Waals surface area (Å²) in [6, 6.07) is 12.7. The van der Waals surface area contributed by atoms with Gasteiger partial charge in [-0.15, -0.1) is 0 Å². The highest BCUT2D eigenvalue weighted by Gasteiger charge is 2.10. The van der Waals surface area contributed by atoms with E-state index in [4.69, 9.17) is 16.3 Å². The van der Waals surface area contributed by atoms with Gasteiger partial charge in [-0.3, -0.25) is 4.79 Å². The van der Waals surface area contributed by atoms with E-state index in [2.05, 4.69) is 10.3 Å². The van der Waals surface area contributed by atoms with E-state index < -0.39 is 0 Å². The van der Waals surface area contributed by atoms with Crippen LogP contribution in [0.15, 0.2) is 42.5 Å². The van der Waals surface area contributed by atoms with Gasteiger partial charge in [0.05, 0.1) is 18.1 Å². The number of methoxy groups -OCH3 is 1. The predicted octanol–water partition coefficient (Wildman–Crippen LogP) is 3.21. The van der Waals surface area contributed by atoms with Crippen molar-refractivity contribution < 1.29 is 9.53 Å². The number of halogens is 1. The van der Waals surface area contributed by atoms with Crippen molar-refractivity contribution in [3.8, 4) is 5.75 Å². The molecule has 0 saturated heterocycles. The van der Waals surface area contributed by atoms with Crippen molar-refractivity contribution >= 4 is 28.5 Å². The lowest BCUT2D eigenvalue weighted by atomic mass is 10.2. The van der Waals surface area contributed by atoms with Crippen molar-refractivity contribution in [1.82, 2.24) is 14.9 Å². The van der Waals surface area contributed by atoms with E-state index in [-0.39, 0.29) is 5.91 Å². The Morgan fingerprint density at radius 2 is 2.12 bits per heavy atom. The van der Waals surface area contributed by atoms with E-state index in [9.17, 15) is 4.79 Å². The second kappa shape index (κ2) is 6.93. The second-order valence-corrected chi connectivity index (χ2v) is 5.89. The van der Waals surface area contributed by atoms with Crippen LogP contribution in [0.3, 0.4) is 0 Å². The molecule has 5 nitrogen and oxygen atoms in total. The van der Waals surface area contributed by atoms with E-state index in [1.165, 1.54) is 0 Å². The predicted molar refractivity (Wildman–Crippen MR) is 94.8 cm³/mol. The van der Waals surface area contributed by atoms with Crippen LogP contribution in [0.1, 0.15) is 16.2 Å². The van der Waals surface area contributed by atoms with Crippen LogP contribution < -0.4 is 10.1 Å². The van der Waals surface area contributed by atoms with Crippen molar-refractivity contribution in [3.63, 3.8) is 0 Å². The van der Waals surface area contributed by atoms with Crippen LogP contribution in [0.2, 0.25) is 5.02 Å². The molecule has 6 heteroatoms. The molecule has 0 aliphatic carbocycles. The quantitative estimate of drug-likeness (QED) is 0.774. The summed E-state index contributed by atoms with van der Waals surface area (Å²) in [5.74, 6) is 1.55. The molecule has 3 rings (SSSR count). The molecule has 0 aliphatic rings. The molecule has 0 fully saturated rings. The van der Waals surface area contributed by atoms with Gasteiger partial charge < -0.3 is 14.6 Å². The van der Waals surface area contributed by atoms with Gasteiger partial charge in [0.25, 0.3) is 5.91 Å².